The lowest BCUT2D eigenvalue weighted by Gasteiger charge is -2.22. The lowest BCUT2D eigenvalue weighted by atomic mass is 9.96. The zero-order chi connectivity index (χ0) is 13.3. The number of hydrogen-bond donors (Lipinski definition) is 2. The van der Waals surface area contributed by atoms with Crippen molar-refractivity contribution in [3.63, 3.8) is 0 Å². The predicted molar refractivity (Wildman–Crippen MR) is 79.2 cm³/mol. The maximum absolute atomic E-state index is 11.6. The highest BCUT2D eigenvalue weighted by atomic mass is 32.2. The molecule has 0 spiro atoms. The van der Waals surface area contributed by atoms with Crippen molar-refractivity contribution in [1.82, 2.24) is 11.5 Å². The highest BCUT2D eigenvalue weighted by molar-refractivity contribution is 7.86. The fraction of sp³-hybridized carbons (Fsp3) is 1.00. The summed E-state index contributed by atoms with van der Waals surface area (Å²) in [4.78, 5) is 0. The number of unbranched alkanes of at least 4 members (excludes halogenated alkanes) is 2. The largest absolute Gasteiger partial charge is 0.344 e. The molecule has 5 nitrogen and oxygen atoms in total. The molecular weight excluding hydrogens is 264 g/mol. The van der Waals surface area contributed by atoms with Gasteiger partial charge in [0, 0.05) is 12.6 Å². The van der Waals surface area contributed by atoms with Crippen LogP contribution in [0.15, 0.2) is 0 Å². The lowest BCUT2D eigenvalue weighted by molar-refractivity contribution is 0.306. The van der Waals surface area contributed by atoms with E-state index in [9.17, 15) is 8.42 Å². The van der Waals surface area contributed by atoms with E-state index in [4.69, 9.17) is 4.18 Å². The molecule has 1 saturated carbocycles. The average Bonchev–Trinajstić information content (AvgIpc) is 2.36. The van der Waals surface area contributed by atoms with Crippen molar-refractivity contribution in [3.8, 4) is 0 Å². The van der Waals surface area contributed by atoms with Crippen molar-refractivity contribution in [1.29, 1.82) is 0 Å². The molecular formula is C13H30N2O3S. The van der Waals surface area contributed by atoms with Crippen LogP contribution in [0.4, 0.5) is 0 Å². The standard InChI is InChI=1S/C13H27NO3S.H3N/c1-2-3-7-11-17-18(15,16)12-10-14-13-8-5-4-6-9-13;/h13-14H,2-12H2,1H3;1H3. The molecule has 0 amide bonds. The molecule has 0 aromatic carbocycles. The highest BCUT2D eigenvalue weighted by Gasteiger charge is 2.15. The van der Waals surface area contributed by atoms with E-state index in [1.54, 1.807) is 0 Å². The average molecular weight is 294 g/mol. The minimum absolute atomic E-state index is 0. The summed E-state index contributed by atoms with van der Waals surface area (Å²) in [5.41, 5.74) is 0. The smallest absolute Gasteiger partial charge is 0.268 e. The first-order valence-corrected chi connectivity index (χ1v) is 8.82. The second kappa shape index (κ2) is 10.6. The lowest BCUT2D eigenvalue weighted by Crippen LogP contribution is -2.34. The molecule has 0 unspecified atom stereocenters. The van der Waals surface area contributed by atoms with Crippen LogP contribution in [0.5, 0.6) is 0 Å². The van der Waals surface area contributed by atoms with Crippen LogP contribution in [0.25, 0.3) is 0 Å². The van der Waals surface area contributed by atoms with E-state index in [1.807, 2.05) is 0 Å². The molecule has 19 heavy (non-hydrogen) atoms. The Morgan fingerprint density at radius 3 is 2.47 bits per heavy atom. The fourth-order valence-electron chi connectivity index (χ4n) is 2.29. The first-order valence-electron chi connectivity index (χ1n) is 7.24. The van der Waals surface area contributed by atoms with Gasteiger partial charge in [-0.15, -0.1) is 0 Å². The second-order valence-electron chi connectivity index (χ2n) is 5.08. The highest BCUT2D eigenvalue weighted by Crippen LogP contribution is 2.17. The van der Waals surface area contributed by atoms with E-state index in [1.165, 1.54) is 32.1 Å². The molecule has 4 N–H and O–H groups in total. The molecule has 0 heterocycles. The van der Waals surface area contributed by atoms with Gasteiger partial charge in [0.2, 0.25) is 0 Å². The van der Waals surface area contributed by atoms with Crippen molar-refractivity contribution in [3.05, 3.63) is 0 Å². The molecule has 0 saturated heterocycles. The Bertz CT molecular complexity index is 301. The van der Waals surface area contributed by atoms with Crippen LogP contribution >= 0.6 is 0 Å². The van der Waals surface area contributed by atoms with Crippen molar-refractivity contribution >= 4 is 10.1 Å². The van der Waals surface area contributed by atoms with Gasteiger partial charge in [0.05, 0.1) is 12.4 Å². The van der Waals surface area contributed by atoms with Crippen molar-refractivity contribution in [2.75, 3.05) is 18.9 Å². The van der Waals surface area contributed by atoms with Gasteiger partial charge in [0.15, 0.2) is 0 Å². The summed E-state index contributed by atoms with van der Waals surface area (Å²) in [6, 6.07) is 0.508. The molecule has 0 aromatic rings. The van der Waals surface area contributed by atoms with Gasteiger partial charge in [0.1, 0.15) is 0 Å². The Balaban J connectivity index is 0.00000324. The molecule has 0 bridgehead atoms. The van der Waals surface area contributed by atoms with Gasteiger partial charge in [-0.25, -0.2) is 0 Å². The normalized spacial score (nSPS) is 17.1. The van der Waals surface area contributed by atoms with Crippen LogP contribution in [0.1, 0.15) is 58.3 Å². The van der Waals surface area contributed by atoms with Gasteiger partial charge in [-0.1, -0.05) is 39.0 Å². The molecule has 0 atom stereocenters. The third-order valence-electron chi connectivity index (χ3n) is 3.40. The van der Waals surface area contributed by atoms with Crippen molar-refractivity contribution in [2.45, 2.75) is 64.3 Å². The molecule has 0 radical (unpaired) electrons. The summed E-state index contributed by atoms with van der Waals surface area (Å²) < 4.78 is 28.1. The third-order valence-corrected chi connectivity index (χ3v) is 4.63. The maximum Gasteiger partial charge on any atom is 0.268 e. The molecule has 116 valence electrons. The van der Waals surface area contributed by atoms with Crippen LogP contribution in [0.3, 0.4) is 0 Å². The van der Waals surface area contributed by atoms with E-state index < -0.39 is 10.1 Å². The van der Waals surface area contributed by atoms with Gasteiger partial charge in [-0.05, 0) is 19.3 Å². The molecule has 1 fully saturated rings. The number of nitrogens with one attached hydrogen (secondary N) is 1. The third kappa shape index (κ3) is 9.38. The molecule has 1 aliphatic rings. The number of hydrogen-bond acceptors (Lipinski definition) is 5. The second-order valence-corrected chi connectivity index (χ2v) is 6.84. The Kier molecular flexibility index (Phi) is 10.5. The Hall–Kier alpha value is -0.170. The molecule has 1 rings (SSSR count). The molecule has 0 aromatic heterocycles. The van der Waals surface area contributed by atoms with Gasteiger partial charge in [0.25, 0.3) is 10.1 Å². The van der Waals surface area contributed by atoms with Crippen LogP contribution < -0.4 is 11.5 Å². The first-order chi connectivity index (χ1) is 8.64. The minimum Gasteiger partial charge on any atom is -0.344 e. The quantitative estimate of drug-likeness (QED) is 0.504. The van der Waals surface area contributed by atoms with E-state index in [-0.39, 0.29) is 11.9 Å². The monoisotopic (exact) mass is 294 g/mol. The molecule has 0 aliphatic heterocycles. The summed E-state index contributed by atoms with van der Waals surface area (Å²) in [7, 11) is -3.33. The SMILES string of the molecule is CCCCCOS(=O)(=O)CCNC1CCCCC1.N. The molecule has 6 heteroatoms. The molecule has 1 aliphatic carbocycles. The van der Waals surface area contributed by atoms with Crippen molar-refractivity contribution < 1.29 is 12.6 Å². The van der Waals surface area contributed by atoms with Gasteiger partial charge in [-0.3, -0.25) is 4.18 Å². The van der Waals surface area contributed by atoms with E-state index in [0.29, 0.717) is 19.2 Å². The first kappa shape index (κ1) is 18.8. The fourth-order valence-corrected chi connectivity index (χ4v) is 3.15. The van der Waals surface area contributed by atoms with Crippen LogP contribution in [0.2, 0.25) is 0 Å². The topological polar surface area (TPSA) is 90.4 Å². The summed E-state index contributed by atoms with van der Waals surface area (Å²) >= 11 is 0. The van der Waals surface area contributed by atoms with Gasteiger partial charge >= 0.3 is 0 Å². The van der Waals surface area contributed by atoms with Gasteiger partial charge in [-0.2, -0.15) is 8.42 Å². The zero-order valence-corrected chi connectivity index (χ0v) is 13.0. The summed E-state index contributed by atoms with van der Waals surface area (Å²) in [5.74, 6) is 0.0929. The van der Waals surface area contributed by atoms with E-state index >= 15 is 0 Å². The van der Waals surface area contributed by atoms with Crippen LogP contribution in [-0.2, 0) is 14.3 Å². The van der Waals surface area contributed by atoms with E-state index in [0.717, 1.165) is 19.3 Å². The number of rotatable bonds is 9. The Morgan fingerprint density at radius 2 is 1.84 bits per heavy atom. The predicted octanol–water partition coefficient (Wildman–Crippen LogP) is 2.61. The summed E-state index contributed by atoms with van der Waals surface area (Å²) in [6.45, 7) is 2.93. The summed E-state index contributed by atoms with van der Waals surface area (Å²) in [6.07, 6.45) is 9.12. The minimum atomic E-state index is -3.33. The maximum atomic E-state index is 11.6. The van der Waals surface area contributed by atoms with Crippen LogP contribution in [-0.4, -0.2) is 33.4 Å². The van der Waals surface area contributed by atoms with E-state index in [2.05, 4.69) is 12.2 Å². The van der Waals surface area contributed by atoms with Crippen molar-refractivity contribution in [2.24, 2.45) is 0 Å². The van der Waals surface area contributed by atoms with Gasteiger partial charge < -0.3 is 11.5 Å². The zero-order valence-electron chi connectivity index (χ0n) is 12.2. The van der Waals surface area contributed by atoms with Crippen LogP contribution in [0, 0.1) is 0 Å². The summed E-state index contributed by atoms with van der Waals surface area (Å²) in [5, 5.41) is 3.32. The Morgan fingerprint density at radius 1 is 1.16 bits per heavy atom. The Labute approximate surface area is 118 Å².